The van der Waals surface area contributed by atoms with Gasteiger partial charge in [-0.1, -0.05) is 42.4 Å². The van der Waals surface area contributed by atoms with Gasteiger partial charge in [0.1, 0.15) is 0 Å². The molecule has 0 N–H and O–H groups in total. The first-order valence-corrected chi connectivity index (χ1v) is 7.62. The van der Waals surface area contributed by atoms with Crippen LogP contribution in [0.5, 0.6) is 0 Å². The van der Waals surface area contributed by atoms with Crippen molar-refractivity contribution in [2.75, 3.05) is 11.4 Å². The molecule has 1 aliphatic carbocycles. The highest BCUT2D eigenvalue weighted by molar-refractivity contribution is 14.1. The summed E-state index contributed by atoms with van der Waals surface area (Å²) in [6.07, 6.45) is 9.37. The number of hydrogen-bond acceptors (Lipinski definition) is 1. The molecule has 1 aromatic rings. The fourth-order valence-corrected chi connectivity index (χ4v) is 3.61. The van der Waals surface area contributed by atoms with E-state index in [1.54, 1.807) is 0 Å². The van der Waals surface area contributed by atoms with E-state index in [4.69, 9.17) is 6.42 Å². The highest BCUT2D eigenvalue weighted by Crippen LogP contribution is 2.53. The van der Waals surface area contributed by atoms with Crippen molar-refractivity contribution in [3.8, 4) is 12.3 Å². The second-order valence-electron chi connectivity index (χ2n) is 6.08. The molecule has 0 saturated heterocycles. The Hall–Kier alpha value is -0.690. The second-order valence-corrected chi connectivity index (χ2v) is 8.09. The van der Waals surface area contributed by atoms with Crippen LogP contribution in [0.4, 0.5) is 5.69 Å². The van der Waals surface area contributed by atoms with Gasteiger partial charge in [-0.2, -0.15) is 0 Å². The number of alkyl halides is 1. The third-order valence-corrected chi connectivity index (χ3v) is 5.95. The predicted molar refractivity (Wildman–Crippen MR) is 85.4 cm³/mol. The Morgan fingerprint density at radius 3 is 2.61 bits per heavy atom. The van der Waals surface area contributed by atoms with Gasteiger partial charge in [0.15, 0.2) is 0 Å². The van der Waals surface area contributed by atoms with E-state index in [9.17, 15) is 0 Å². The van der Waals surface area contributed by atoms with E-state index in [0.29, 0.717) is 3.55 Å². The molecule has 0 aromatic heterocycles. The summed E-state index contributed by atoms with van der Waals surface area (Å²) in [6, 6.07) is 6.52. The zero-order valence-electron chi connectivity index (χ0n) is 11.0. The minimum atomic E-state index is 0.237. The summed E-state index contributed by atoms with van der Waals surface area (Å²) in [6.45, 7) is 5.82. The molecule has 1 heterocycles. The summed E-state index contributed by atoms with van der Waals surface area (Å²) >= 11 is 2.62. The number of fused-ring (bicyclic) bond motifs is 1. The number of halogens is 1. The number of nitrogens with zero attached hydrogens (tertiary/aromatic N) is 1. The van der Waals surface area contributed by atoms with Gasteiger partial charge in [0.2, 0.25) is 0 Å². The smallest absolute Gasteiger partial charge is 0.0919 e. The molecule has 0 spiro atoms. The Kier molecular flexibility index (Phi) is 2.68. The molecule has 2 aliphatic rings. The highest BCUT2D eigenvalue weighted by Gasteiger charge is 2.48. The van der Waals surface area contributed by atoms with Gasteiger partial charge in [-0.05, 0) is 48.4 Å². The number of benzene rings is 1. The van der Waals surface area contributed by atoms with Gasteiger partial charge in [-0.3, -0.25) is 0 Å². The Morgan fingerprint density at radius 2 is 2.00 bits per heavy atom. The summed E-state index contributed by atoms with van der Waals surface area (Å²) < 4.78 is 0.376. The average Bonchev–Trinajstić information content (AvgIpc) is 3.08. The van der Waals surface area contributed by atoms with Crippen LogP contribution in [0.3, 0.4) is 0 Å². The van der Waals surface area contributed by atoms with E-state index < -0.39 is 0 Å². The zero-order valence-corrected chi connectivity index (χ0v) is 13.1. The van der Waals surface area contributed by atoms with Crippen molar-refractivity contribution in [2.45, 2.75) is 42.1 Å². The molecule has 94 valence electrons. The van der Waals surface area contributed by atoms with Crippen molar-refractivity contribution in [3.05, 3.63) is 29.3 Å². The second kappa shape index (κ2) is 3.90. The van der Waals surface area contributed by atoms with E-state index in [1.165, 1.54) is 37.1 Å². The first-order chi connectivity index (χ1) is 8.46. The van der Waals surface area contributed by atoms with Crippen molar-refractivity contribution in [1.29, 1.82) is 0 Å². The number of terminal acetylenes is 1. The quantitative estimate of drug-likeness (QED) is 0.319. The lowest BCUT2D eigenvalue weighted by Crippen LogP contribution is -2.42. The lowest BCUT2D eigenvalue weighted by Gasteiger charge is -2.43. The predicted octanol–water partition coefficient (Wildman–Crippen LogP) is 4.08. The van der Waals surface area contributed by atoms with Crippen LogP contribution in [0.15, 0.2) is 18.2 Å². The van der Waals surface area contributed by atoms with Crippen molar-refractivity contribution in [1.82, 2.24) is 0 Å². The SMILES string of the molecule is C#Cc1ccc2c(c1)C(C)(C)CCN2C1(I)CC1. The lowest BCUT2D eigenvalue weighted by molar-refractivity contribution is 0.450. The molecular formula is C16H18IN. The first kappa shape index (κ1) is 12.3. The molecule has 0 amide bonds. The summed E-state index contributed by atoms with van der Waals surface area (Å²) in [4.78, 5) is 2.59. The Morgan fingerprint density at radius 1 is 1.28 bits per heavy atom. The largest absolute Gasteiger partial charge is 0.357 e. The Bertz CT molecular complexity index is 535. The van der Waals surface area contributed by atoms with Crippen LogP contribution in [-0.2, 0) is 5.41 Å². The maximum absolute atomic E-state index is 5.54. The molecule has 1 aliphatic heterocycles. The molecule has 1 saturated carbocycles. The number of anilines is 1. The van der Waals surface area contributed by atoms with Crippen molar-refractivity contribution in [3.63, 3.8) is 0 Å². The minimum Gasteiger partial charge on any atom is -0.357 e. The van der Waals surface area contributed by atoms with Crippen molar-refractivity contribution in [2.24, 2.45) is 0 Å². The maximum atomic E-state index is 5.54. The maximum Gasteiger partial charge on any atom is 0.0919 e. The van der Waals surface area contributed by atoms with Crippen LogP contribution in [0, 0.1) is 12.3 Å². The third-order valence-electron chi connectivity index (χ3n) is 4.29. The average molecular weight is 351 g/mol. The Balaban J connectivity index is 2.12. The van der Waals surface area contributed by atoms with Gasteiger partial charge >= 0.3 is 0 Å². The fraction of sp³-hybridized carbons (Fsp3) is 0.500. The third kappa shape index (κ3) is 1.84. The normalized spacial score (nSPS) is 23.1. The standard InChI is InChI=1S/C16H18IN/c1-4-12-5-6-14-13(11-12)15(2,3)9-10-18(14)16(17)7-8-16/h1,5-6,11H,7-10H2,2-3H3. The first-order valence-electron chi connectivity index (χ1n) is 6.54. The Labute approximate surface area is 123 Å². The summed E-state index contributed by atoms with van der Waals surface area (Å²) in [5, 5.41) is 0. The molecular weight excluding hydrogens is 333 g/mol. The van der Waals surface area contributed by atoms with Crippen LogP contribution in [-0.4, -0.2) is 10.1 Å². The van der Waals surface area contributed by atoms with Crippen LogP contribution < -0.4 is 4.90 Å². The lowest BCUT2D eigenvalue weighted by atomic mass is 9.77. The molecule has 0 unspecified atom stereocenters. The van der Waals surface area contributed by atoms with E-state index >= 15 is 0 Å². The highest BCUT2D eigenvalue weighted by atomic mass is 127. The molecule has 1 fully saturated rings. The van der Waals surface area contributed by atoms with Gasteiger partial charge in [0, 0.05) is 17.8 Å². The minimum absolute atomic E-state index is 0.237. The topological polar surface area (TPSA) is 3.24 Å². The fourth-order valence-electron chi connectivity index (χ4n) is 2.84. The molecule has 1 nitrogen and oxygen atoms in total. The molecule has 3 rings (SSSR count). The van der Waals surface area contributed by atoms with Crippen LogP contribution in [0.25, 0.3) is 0 Å². The summed E-state index contributed by atoms with van der Waals surface area (Å²) in [7, 11) is 0. The van der Waals surface area contributed by atoms with Gasteiger partial charge in [-0.25, -0.2) is 0 Å². The van der Waals surface area contributed by atoms with Gasteiger partial charge in [0.25, 0.3) is 0 Å². The number of hydrogen-bond donors (Lipinski definition) is 0. The van der Waals surface area contributed by atoms with Crippen molar-refractivity contribution < 1.29 is 0 Å². The van der Waals surface area contributed by atoms with Crippen molar-refractivity contribution >= 4 is 28.3 Å². The molecule has 18 heavy (non-hydrogen) atoms. The van der Waals surface area contributed by atoms with Gasteiger partial charge < -0.3 is 4.90 Å². The zero-order chi connectivity index (χ0) is 13.0. The number of rotatable bonds is 1. The van der Waals surface area contributed by atoms with E-state index in [2.05, 4.69) is 65.5 Å². The van der Waals surface area contributed by atoms with Crippen LogP contribution in [0.1, 0.15) is 44.2 Å². The van der Waals surface area contributed by atoms with E-state index in [-0.39, 0.29) is 5.41 Å². The molecule has 2 heteroatoms. The molecule has 0 bridgehead atoms. The van der Waals surface area contributed by atoms with Crippen LogP contribution >= 0.6 is 22.6 Å². The molecule has 0 radical (unpaired) electrons. The van der Waals surface area contributed by atoms with E-state index in [0.717, 1.165) is 5.56 Å². The monoisotopic (exact) mass is 351 g/mol. The molecule has 0 atom stereocenters. The van der Waals surface area contributed by atoms with Gasteiger partial charge in [0.05, 0.1) is 3.55 Å². The molecule has 1 aromatic carbocycles. The summed E-state index contributed by atoms with van der Waals surface area (Å²) in [5.74, 6) is 2.76. The van der Waals surface area contributed by atoms with E-state index in [1.807, 2.05) is 0 Å². The summed E-state index contributed by atoms with van der Waals surface area (Å²) in [5.41, 5.74) is 4.06. The van der Waals surface area contributed by atoms with Gasteiger partial charge in [-0.15, -0.1) is 6.42 Å². The van der Waals surface area contributed by atoms with Crippen LogP contribution in [0.2, 0.25) is 0 Å².